The van der Waals surface area contributed by atoms with Crippen molar-refractivity contribution in [3.05, 3.63) is 62.5 Å². The highest BCUT2D eigenvalue weighted by molar-refractivity contribution is 5.69. The Morgan fingerprint density at radius 2 is 1.96 bits per heavy atom. The molecule has 0 saturated carbocycles. The van der Waals surface area contributed by atoms with Gasteiger partial charge in [-0.15, -0.1) is 0 Å². The highest BCUT2D eigenvalue weighted by atomic mass is 16.6. The van der Waals surface area contributed by atoms with Crippen LogP contribution in [-0.2, 0) is 22.7 Å². The molecule has 0 radical (unpaired) electrons. The topological polar surface area (TPSA) is 130 Å². The lowest BCUT2D eigenvalue weighted by molar-refractivity contribution is -0.385. The summed E-state index contributed by atoms with van der Waals surface area (Å²) in [6.07, 6.45) is 2.29. The van der Waals surface area contributed by atoms with E-state index in [2.05, 4.69) is 5.10 Å². The molecule has 0 fully saturated rings. The molecule has 0 aliphatic carbocycles. The normalized spacial score (nSPS) is 10.3. The van der Waals surface area contributed by atoms with Crippen LogP contribution in [0.5, 0.6) is 0 Å². The highest BCUT2D eigenvalue weighted by Crippen LogP contribution is 2.14. The second-order valence-corrected chi connectivity index (χ2v) is 4.56. The van der Waals surface area contributed by atoms with Crippen molar-refractivity contribution in [2.24, 2.45) is 0 Å². The van der Waals surface area contributed by atoms with Crippen molar-refractivity contribution >= 4 is 17.3 Å². The lowest BCUT2D eigenvalue weighted by Gasteiger charge is -2.05. The van der Waals surface area contributed by atoms with Gasteiger partial charge in [0.15, 0.2) is 0 Å². The van der Waals surface area contributed by atoms with Crippen molar-refractivity contribution in [2.45, 2.75) is 19.6 Å². The van der Waals surface area contributed by atoms with Crippen LogP contribution in [0.25, 0.3) is 0 Å². The summed E-state index contributed by atoms with van der Waals surface area (Å²) in [5.41, 5.74) is 0.264. The fourth-order valence-electron chi connectivity index (χ4n) is 1.77. The fraction of sp³-hybridized carbons (Fsp3) is 0.231. The van der Waals surface area contributed by atoms with E-state index in [9.17, 15) is 25.0 Å². The van der Waals surface area contributed by atoms with Gasteiger partial charge in [0.2, 0.25) is 0 Å². The van der Waals surface area contributed by atoms with Gasteiger partial charge in [0.25, 0.3) is 5.69 Å². The van der Waals surface area contributed by atoms with Gasteiger partial charge in [-0.2, -0.15) is 5.10 Å². The maximum Gasteiger partial charge on any atom is 0.308 e. The second kappa shape index (κ2) is 7.11. The number of aryl methyl sites for hydroxylation is 1. The minimum absolute atomic E-state index is 0.0201. The molecule has 10 heteroatoms. The number of hydrogen-bond acceptors (Lipinski definition) is 7. The zero-order chi connectivity index (χ0) is 16.8. The average Bonchev–Trinajstić information content (AvgIpc) is 3.00. The van der Waals surface area contributed by atoms with Crippen molar-refractivity contribution in [3.8, 4) is 0 Å². The number of non-ortho nitro benzene ring substituents is 1. The van der Waals surface area contributed by atoms with E-state index in [1.165, 1.54) is 29.1 Å². The molecule has 2 aromatic rings. The number of hydrogen-bond donors (Lipinski definition) is 0. The van der Waals surface area contributed by atoms with Crippen molar-refractivity contribution in [3.63, 3.8) is 0 Å². The van der Waals surface area contributed by atoms with Crippen LogP contribution < -0.4 is 0 Å². The van der Waals surface area contributed by atoms with Crippen LogP contribution in [0.2, 0.25) is 0 Å². The first-order chi connectivity index (χ1) is 11.0. The molecule has 0 spiro atoms. The van der Waals surface area contributed by atoms with Gasteiger partial charge >= 0.3 is 11.7 Å². The third-order valence-electron chi connectivity index (χ3n) is 2.90. The van der Waals surface area contributed by atoms with Gasteiger partial charge in [-0.3, -0.25) is 29.7 Å². The predicted molar refractivity (Wildman–Crippen MR) is 76.4 cm³/mol. The predicted octanol–water partition coefficient (Wildman–Crippen LogP) is 1.83. The Bertz CT molecular complexity index is 742. The maximum atomic E-state index is 11.6. The summed E-state index contributed by atoms with van der Waals surface area (Å²) in [6.45, 7) is 0.0569. The molecule has 0 N–H and O–H groups in total. The molecule has 0 amide bonds. The Morgan fingerprint density at radius 1 is 1.22 bits per heavy atom. The minimum Gasteiger partial charge on any atom is -0.461 e. The molecular weight excluding hydrogens is 308 g/mol. The van der Waals surface area contributed by atoms with Crippen LogP contribution in [0, 0.1) is 20.2 Å². The van der Waals surface area contributed by atoms with Gasteiger partial charge in [-0.1, -0.05) is 12.1 Å². The number of esters is 1. The van der Waals surface area contributed by atoms with E-state index in [1.807, 2.05) is 0 Å². The molecule has 23 heavy (non-hydrogen) atoms. The van der Waals surface area contributed by atoms with Gasteiger partial charge in [0.1, 0.15) is 19.0 Å². The second-order valence-electron chi connectivity index (χ2n) is 4.56. The van der Waals surface area contributed by atoms with Crippen molar-refractivity contribution in [1.82, 2.24) is 9.78 Å². The summed E-state index contributed by atoms with van der Waals surface area (Å²) in [7, 11) is 0. The van der Waals surface area contributed by atoms with E-state index in [0.717, 1.165) is 6.20 Å². The number of rotatable bonds is 7. The van der Waals surface area contributed by atoms with Gasteiger partial charge in [0.05, 0.1) is 22.8 Å². The molecule has 2 rings (SSSR count). The number of nitro groups is 2. The van der Waals surface area contributed by atoms with Crippen LogP contribution in [0.4, 0.5) is 11.4 Å². The molecule has 120 valence electrons. The summed E-state index contributed by atoms with van der Waals surface area (Å²) in [6, 6.07) is 5.78. The lowest BCUT2D eigenvalue weighted by atomic mass is 10.2. The number of carbonyl (C=O) groups excluding carboxylic acids is 1. The number of benzene rings is 1. The Morgan fingerprint density at radius 3 is 2.61 bits per heavy atom. The molecular formula is C13H12N4O6. The van der Waals surface area contributed by atoms with E-state index in [0.29, 0.717) is 5.56 Å². The minimum atomic E-state index is -0.579. The first kappa shape index (κ1) is 16.1. The fourth-order valence-corrected chi connectivity index (χ4v) is 1.77. The largest absolute Gasteiger partial charge is 0.461 e. The molecule has 1 aromatic carbocycles. The molecule has 1 aromatic heterocycles. The highest BCUT2D eigenvalue weighted by Gasteiger charge is 2.11. The summed E-state index contributed by atoms with van der Waals surface area (Å²) in [5.74, 6) is -0.533. The molecule has 10 nitrogen and oxygen atoms in total. The maximum absolute atomic E-state index is 11.6. The Hall–Kier alpha value is -3.30. The monoisotopic (exact) mass is 320 g/mol. The average molecular weight is 320 g/mol. The van der Waals surface area contributed by atoms with Gasteiger partial charge in [0, 0.05) is 12.1 Å². The SMILES string of the molecule is O=C(CCn1cc([N+](=O)[O-])cn1)OCc1cccc([N+](=O)[O-])c1. The smallest absolute Gasteiger partial charge is 0.308 e. The summed E-state index contributed by atoms with van der Waals surface area (Å²) >= 11 is 0. The molecule has 0 atom stereocenters. The molecule has 0 aliphatic heterocycles. The Labute approximate surface area is 129 Å². The van der Waals surface area contributed by atoms with E-state index >= 15 is 0 Å². The van der Waals surface area contributed by atoms with Gasteiger partial charge in [-0.25, -0.2) is 0 Å². The number of nitrogens with zero attached hydrogens (tertiary/aromatic N) is 4. The van der Waals surface area contributed by atoms with E-state index in [1.54, 1.807) is 6.07 Å². The molecule has 0 bridgehead atoms. The summed E-state index contributed by atoms with van der Waals surface area (Å²) in [5, 5.41) is 24.9. The van der Waals surface area contributed by atoms with E-state index in [-0.39, 0.29) is 30.9 Å². The zero-order valence-corrected chi connectivity index (χ0v) is 11.8. The van der Waals surface area contributed by atoms with Crippen molar-refractivity contribution in [2.75, 3.05) is 0 Å². The van der Waals surface area contributed by atoms with E-state index < -0.39 is 15.8 Å². The van der Waals surface area contributed by atoms with Crippen LogP contribution >= 0.6 is 0 Å². The third kappa shape index (κ3) is 4.59. The molecule has 0 unspecified atom stereocenters. The Balaban J connectivity index is 1.81. The van der Waals surface area contributed by atoms with Crippen LogP contribution in [0.3, 0.4) is 0 Å². The van der Waals surface area contributed by atoms with E-state index in [4.69, 9.17) is 4.74 Å². The van der Waals surface area contributed by atoms with Gasteiger partial charge in [-0.05, 0) is 5.56 Å². The molecule has 0 aliphatic rings. The number of nitro benzene ring substituents is 1. The van der Waals surface area contributed by atoms with Crippen LogP contribution in [0.15, 0.2) is 36.7 Å². The zero-order valence-electron chi connectivity index (χ0n) is 11.8. The number of aromatic nitrogens is 2. The van der Waals surface area contributed by atoms with Crippen LogP contribution in [0.1, 0.15) is 12.0 Å². The molecule has 0 saturated heterocycles. The van der Waals surface area contributed by atoms with Crippen molar-refractivity contribution in [1.29, 1.82) is 0 Å². The third-order valence-corrected chi connectivity index (χ3v) is 2.90. The van der Waals surface area contributed by atoms with Crippen molar-refractivity contribution < 1.29 is 19.4 Å². The first-order valence-corrected chi connectivity index (χ1v) is 6.51. The van der Waals surface area contributed by atoms with Gasteiger partial charge < -0.3 is 4.74 Å². The standard InChI is InChI=1S/C13H12N4O6/c18-13(4-5-15-8-12(7-14-15)17(21)22)23-9-10-2-1-3-11(6-10)16(19)20/h1-3,6-8H,4-5,9H2. The molecule has 1 heterocycles. The lowest BCUT2D eigenvalue weighted by Crippen LogP contribution is -2.09. The Kier molecular flexibility index (Phi) is 4.97. The first-order valence-electron chi connectivity index (χ1n) is 6.51. The number of carbonyl (C=O) groups is 1. The quantitative estimate of drug-likeness (QED) is 0.432. The van der Waals surface area contributed by atoms with Crippen LogP contribution in [-0.4, -0.2) is 25.6 Å². The summed E-state index contributed by atoms with van der Waals surface area (Å²) in [4.78, 5) is 31.6. The summed E-state index contributed by atoms with van der Waals surface area (Å²) < 4.78 is 6.27. The number of ether oxygens (including phenoxy) is 1.